The van der Waals surface area contributed by atoms with E-state index in [0.29, 0.717) is 15.6 Å². The predicted molar refractivity (Wildman–Crippen MR) is 392 cm³/mol. The molecule has 0 saturated carbocycles. The van der Waals surface area contributed by atoms with E-state index in [0.717, 1.165) is 121 Å². The monoisotopic (exact) mass is 1370 g/mol. The molecule has 0 unspecified atom stereocenters. The van der Waals surface area contributed by atoms with Gasteiger partial charge < -0.3 is 21.1 Å². The molecule has 0 aliphatic carbocycles. The number of aromatic amines is 1. The molecular weight excluding hydrogens is 1310 g/mol. The van der Waals surface area contributed by atoms with Crippen LogP contribution in [0.3, 0.4) is 0 Å². The van der Waals surface area contributed by atoms with E-state index in [9.17, 15) is 34.2 Å². The molecule has 100 heavy (non-hydrogen) atoms. The Bertz CT molecular complexity index is 4910. The van der Waals surface area contributed by atoms with Crippen LogP contribution < -0.4 is 11.1 Å². The van der Waals surface area contributed by atoms with E-state index in [1.807, 2.05) is 215 Å². The van der Waals surface area contributed by atoms with Crippen LogP contribution in [-0.4, -0.2) is 65.5 Å². The highest BCUT2D eigenvalue weighted by molar-refractivity contribution is 6.31. The van der Waals surface area contributed by atoms with Crippen molar-refractivity contribution in [1.29, 1.82) is 0 Å². The number of nitrogen functional groups attached to an aromatic ring is 1. The lowest BCUT2D eigenvalue weighted by molar-refractivity contribution is -0.385. The molecule has 10 aromatic carbocycles. The van der Waals surface area contributed by atoms with E-state index in [1.165, 1.54) is 24.3 Å². The molecule has 0 radical (unpaired) electrons. The summed E-state index contributed by atoms with van der Waals surface area (Å²) in [5, 5.41) is 33.2. The van der Waals surface area contributed by atoms with Crippen LogP contribution in [-0.2, 0) is 0 Å². The fourth-order valence-corrected chi connectivity index (χ4v) is 9.90. The Kier molecular flexibility index (Phi) is 24.7. The van der Waals surface area contributed by atoms with Gasteiger partial charge >= 0.3 is 5.97 Å². The Morgan fingerprint density at radius 1 is 0.470 bits per heavy atom. The van der Waals surface area contributed by atoms with E-state index in [-0.39, 0.29) is 22.8 Å². The van der Waals surface area contributed by atoms with Crippen LogP contribution in [0, 0.1) is 53.7 Å². The second kappa shape index (κ2) is 34.7. The van der Waals surface area contributed by atoms with Gasteiger partial charge in [0, 0.05) is 121 Å². The molecule has 0 bridgehead atoms. The maximum absolute atomic E-state index is 12.4. The van der Waals surface area contributed by atoms with Gasteiger partial charge in [0.05, 0.1) is 32.5 Å². The first-order valence-corrected chi connectivity index (χ1v) is 31.6. The number of carbonyl (C=O) groups is 2. The SMILES string of the molecule is Cc1cn(-c2ccc(N)cc2)c(-c2ccccc2)n1.Cc1cn(-c2ccc(NC(=O)c3ccc(Cl)cc3)cc2)c(-c2ccccc2)n1.Cc1cn(-c2ccc([N+](=O)[O-])cc2)c(-c2ccccc2)n1.Cc1cnc(-c2ccccc2)[nH]1.O=C(O)c1ccc(Cl)cc1.O=[N+]([O-])c1ccc(F)cc1. The molecule has 0 saturated heterocycles. The minimum Gasteiger partial charge on any atom is -0.478 e. The molecule has 0 fully saturated rings. The van der Waals surface area contributed by atoms with Crippen molar-refractivity contribution < 1.29 is 28.9 Å². The number of anilines is 2. The van der Waals surface area contributed by atoms with Crippen LogP contribution in [0.1, 0.15) is 43.5 Å². The van der Waals surface area contributed by atoms with E-state index < -0.39 is 21.6 Å². The standard InChI is InChI=1S/C23H18ClN3O.C16H13N3O2.C16H15N3.C10H10N2.C7H5ClO2.C6H4FNO2/c1-16-15-27(22(25-16)17-5-3-2-4-6-17)21-13-11-20(12-14-21)26-23(28)18-7-9-19(24)10-8-18;1-12-11-18(14-7-9-15(10-8-14)19(20)21)16(17-12)13-5-3-2-4-6-13;1-12-11-19(15-9-7-14(17)8-10-15)16(18-12)13-5-3-2-4-6-13;1-8-7-11-10(12-8)9-5-3-2-4-6-9;8-6-3-1-5(2-4-6)7(9)10;7-5-1-3-6(4-2-5)8(9)10/h2-15H,1H3,(H,26,28);2-11H,1H3;2-11H,17H2,1H3;2-7H,1H3,(H,11,12);1-4H,(H,9,10);1-4H. The number of aryl methyl sites for hydroxylation is 4. The van der Waals surface area contributed by atoms with Gasteiger partial charge in [-0.25, -0.2) is 29.1 Å². The van der Waals surface area contributed by atoms with E-state index >= 15 is 0 Å². The molecule has 0 atom stereocenters. The number of nitrogens with one attached hydrogen (secondary N) is 2. The Hall–Kier alpha value is -12.9. The predicted octanol–water partition coefficient (Wildman–Crippen LogP) is 19.1. The molecule has 14 rings (SSSR count). The van der Waals surface area contributed by atoms with Gasteiger partial charge in [0.15, 0.2) is 0 Å². The van der Waals surface area contributed by atoms with Gasteiger partial charge in [0.1, 0.15) is 29.1 Å². The summed E-state index contributed by atoms with van der Waals surface area (Å²) in [6, 6.07) is 79.3. The first kappa shape index (κ1) is 71.4. The molecule has 0 spiro atoms. The van der Waals surface area contributed by atoms with Crippen molar-refractivity contribution in [2.24, 2.45) is 0 Å². The number of nitro benzene ring substituents is 2. The summed E-state index contributed by atoms with van der Waals surface area (Å²) in [6.45, 7) is 7.90. The van der Waals surface area contributed by atoms with Gasteiger partial charge in [-0.2, -0.15) is 0 Å². The summed E-state index contributed by atoms with van der Waals surface area (Å²) in [5.74, 6) is 2.02. The van der Waals surface area contributed by atoms with Gasteiger partial charge in [0.2, 0.25) is 0 Å². The van der Waals surface area contributed by atoms with Crippen molar-refractivity contribution in [3.05, 3.63) is 362 Å². The number of non-ortho nitro benzene ring substituents is 2. The molecule has 22 heteroatoms. The van der Waals surface area contributed by atoms with Crippen LogP contribution in [0.15, 0.2) is 292 Å². The Balaban J connectivity index is 0.000000146. The topological polar surface area (TPSA) is 261 Å². The molecule has 0 aliphatic heterocycles. The highest BCUT2D eigenvalue weighted by Crippen LogP contribution is 2.28. The minimum atomic E-state index is -0.934. The molecule has 5 N–H and O–H groups in total. The number of aromatic nitrogens is 8. The summed E-state index contributed by atoms with van der Waals surface area (Å²) in [4.78, 5) is 63.6. The lowest BCUT2D eigenvalue weighted by Gasteiger charge is -2.10. The lowest BCUT2D eigenvalue weighted by atomic mass is 10.2. The molecule has 500 valence electrons. The molecule has 4 aromatic heterocycles. The number of carboxylic acids is 1. The van der Waals surface area contributed by atoms with Crippen LogP contribution >= 0.6 is 23.2 Å². The summed E-state index contributed by atoms with van der Waals surface area (Å²) < 4.78 is 18.2. The zero-order chi connectivity index (χ0) is 71.1. The van der Waals surface area contributed by atoms with Crippen molar-refractivity contribution in [1.82, 2.24) is 38.6 Å². The number of H-pyrrole nitrogens is 1. The van der Waals surface area contributed by atoms with Gasteiger partial charge in [-0.1, -0.05) is 145 Å². The third kappa shape index (κ3) is 20.3. The number of hydrogen-bond acceptors (Lipinski definition) is 11. The number of rotatable bonds is 12. The quantitative estimate of drug-likeness (QED) is 0.0506. The van der Waals surface area contributed by atoms with Crippen LogP contribution in [0.4, 0.5) is 27.1 Å². The largest absolute Gasteiger partial charge is 0.478 e. The maximum atomic E-state index is 12.4. The Morgan fingerprint density at radius 2 is 0.810 bits per heavy atom. The summed E-state index contributed by atoms with van der Waals surface area (Å²) in [6.07, 6.45) is 7.79. The fourth-order valence-electron chi connectivity index (χ4n) is 9.65. The summed E-state index contributed by atoms with van der Waals surface area (Å²) >= 11 is 11.4. The third-order valence-electron chi connectivity index (χ3n) is 14.5. The Morgan fingerprint density at radius 3 is 1.16 bits per heavy atom. The van der Waals surface area contributed by atoms with E-state index in [1.54, 1.807) is 48.5 Å². The van der Waals surface area contributed by atoms with Gasteiger partial charge in [-0.3, -0.25) is 38.7 Å². The van der Waals surface area contributed by atoms with E-state index in [2.05, 4.69) is 51.5 Å². The number of carbonyl (C=O) groups excluding carboxylic acids is 1. The third-order valence-corrected chi connectivity index (χ3v) is 15.0. The molecule has 0 aliphatic rings. The Labute approximate surface area is 585 Å². The number of aromatic carboxylic acids is 1. The van der Waals surface area contributed by atoms with Gasteiger partial charge in [-0.15, -0.1) is 0 Å². The normalized spacial score (nSPS) is 10.3. The van der Waals surface area contributed by atoms with Crippen LogP contribution in [0.2, 0.25) is 10.0 Å². The fraction of sp³-hybridized carbons (Fsp3) is 0.0513. The van der Waals surface area contributed by atoms with Crippen molar-refractivity contribution in [2.75, 3.05) is 11.1 Å². The average Bonchev–Trinajstić information content (AvgIpc) is 1.64. The molecule has 4 heterocycles. The van der Waals surface area contributed by atoms with Gasteiger partial charge in [-0.05, 0) is 149 Å². The van der Waals surface area contributed by atoms with Crippen molar-refractivity contribution >= 4 is 57.8 Å². The number of imidazole rings is 4. The minimum absolute atomic E-state index is 0.0804. The molecule has 19 nitrogen and oxygen atoms in total. The summed E-state index contributed by atoms with van der Waals surface area (Å²) in [5.41, 5.74) is 19.1. The second-order valence-electron chi connectivity index (χ2n) is 22.0. The highest BCUT2D eigenvalue weighted by atomic mass is 35.5. The average molecular weight is 1370 g/mol. The smallest absolute Gasteiger partial charge is 0.335 e. The number of hydrogen-bond donors (Lipinski definition) is 4. The number of nitrogens with two attached hydrogens (primary N) is 1. The zero-order valence-corrected chi connectivity index (χ0v) is 55.9. The first-order valence-electron chi connectivity index (χ1n) is 30.8. The number of nitrogens with zero attached hydrogens (tertiary/aromatic N) is 9. The molecule has 1 amide bonds. The maximum Gasteiger partial charge on any atom is 0.335 e. The number of amides is 1. The van der Waals surface area contributed by atoms with E-state index in [4.69, 9.17) is 34.0 Å². The number of nitro groups is 2. The number of halogens is 3. The van der Waals surface area contributed by atoms with Crippen molar-refractivity contribution in [3.63, 3.8) is 0 Å². The zero-order valence-electron chi connectivity index (χ0n) is 54.3. The summed E-state index contributed by atoms with van der Waals surface area (Å²) in [7, 11) is 0. The first-order chi connectivity index (χ1) is 48.2. The number of benzene rings is 10. The van der Waals surface area contributed by atoms with Crippen LogP contribution in [0.5, 0.6) is 0 Å². The second-order valence-corrected chi connectivity index (χ2v) is 22.9. The molecule has 14 aromatic rings. The molecular formula is C78H65Cl2FN12O7. The lowest BCUT2D eigenvalue weighted by Crippen LogP contribution is -2.11. The number of carboxylic acid groups (broad SMARTS) is 1. The van der Waals surface area contributed by atoms with Gasteiger partial charge in [0.25, 0.3) is 17.3 Å². The van der Waals surface area contributed by atoms with Crippen molar-refractivity contribution in [2.45, 2.75) is 27.7 Å². The van der Waals surface area contributed by atoms with Crippen LogP contribution in [0.25, 0.3) is 62.6 Å². The highest BCUT2D eigenvalue weighted by Gasteiger charge is 2.15. The van der Waals surface area contributed by atoms with Crippen molar-refractivity contribution in [3.8, 4) is 62.6 Å².